The van der Waals surface area contributed by atoms with Crippen molar-refractivity contribution in [2.24, 2.45) is 5.16 Å². The Kier molecular flexibility index (Phi) is 7.31. The molecule has 2 aromatic carbocycles. The Labute approximate surface area is 180 Å². The predicted molar refractivity (Wildman–Crippen MR) is 116 cm³/mol. The highest BCUT2D eigenvalue weighted by Gasteiger charge is 2.17. The van der Waals surface area contributed by atoms with Gasteiger partial charge in [-0.05, 0) is 31.0 Å². The number of nitrogens with zero attached hydrogens (tertiary/aromatic N) is 2. The number of carbonyl (C=O) groups is 1. The minimum atomic E-state index is -0.866. The fourth-order valence-electron chi connectivity index (χ4n) is 3.17. The third-order valence-corrected chi connectivity index (χ3v) is 5.49. The van der Waals surface area contributed by atoms with Crippen LogP contribution < -0.4 is 0 Å². The van der Waals surface area contributed by atoms with E-state index in [0.29, 0.717) is 41.0 Å². The number of hydrogen-bond donors (Lipinski definition) is 1. The van der Waals surface area contributed by atoms with E-state index in [0.717, 1.165) is 29.7 Å². The molecule has 0 aromatic heterocycles. The van der Waals surface area contributed by atoms with Gasteiger partial charge in [-0.15, -0.1) is 0 Å². The number of oxime groups is 1. The molecule has 1 aliphatic rings. The van der Waals surface area contributed by atoms with Gasteiger partial charge in [0.2, 0.25) is 0 Å². The van der Waals surface area contributed by atoms with Crippen LogP contribution in [0, 0.1) is 6.92 Å². The van der Waals surface area contributed by atoms with Crippen molar-refractivity contribution in [3.63, 3.8) is 0 Å². The molecule has 1 N–H and O–H groups in total. The van der Waals surface area contributed by atoms with Crippen LogP contribution in [0.3, 0.4) is 0 Å². The molecular weight excluding hydrogens is 411 g/mol. The Morgan fingerprint density at radius 2 is 2.00 bits per heavy atom. The molecule has 152 valence electrons. The number of carboxylic acid groups (broad SMARTS) is 1. The molecular formula is C22H22Cl2N2O3. The van der Waals surface area contributed by atoms with Gasteiger partial charge in [0.25, 0.3) is 0 Å². The standard InChI is InChI=1S/C22H22Cl2N2O3/c1-15-5-2-3-7-18(15)21(16-8-9-19(23)20(24)13-16)25-29-12-11-26-10-4-6-17(14-26)22(27)28/h2-3,5-9,13H,4,10-12,14H2,1H3,(H,27,28). The molecule has 0 fully saturated rings. The molecule has 29 heavy (non-hydrogen) atoms. The van der Waals surface area contributed by atoms with Gasteiger partial charge in [0.1, 0.15) is 12.3 Å². The third kappa shape index (κ3) is 5.60. The largest absolute Gasteiger partial charge is 0.478 e. The summed E-state index contributed by atoms with van der Waals surface area (Å²) in [5, 5.41) is 14.5. The van der Waals surface area contributed by atoms with Crippen LogP contribution in [0.25, 0.3) is 0 Å². The number of halogens is 2. The molecule has 0 spiro atoms. The predicted octanol–water partition coefficient (Wildman–Crippen LogP) is 4.79. The minimum absolute atomic E-state index is 0.351. The summed E-state index contributed by atoms with van der Waals surface area (Å²) in [4.78, 5) is 18.8. The number of aryl methyl sites for hydroxylation is 1. The number of rotatable bonds is 7. The molecule has 1 heterocycles. The van der Waals surface area contributed by atoms with E-state index in [2.05, 4.69) is 5.16 Å². The molecule has 0 saturated carbocycles. The molecule has 0 saturated heterocycles. The van der Waals surface area contributed by atoms with Crippen molar-refractivity contribution in [3.8, 4) is 0 Å². The van der Waals surface area contributed by atoms with E-state index >= 15 is 0 Å². The molecule has 0 atom stereocenters. The molecule has 0 amide bonds. The minimum Gasteiger partial charge on any atom is -0.478 e. The zero-order valence-electron chi connectivity index (χ0n) is 16.1. The zero-order valence-corrected chi connectivity index (χ0v) is 17.6. The van der Waals surface area contributed by atoms with Crippen molar-refractivity contribution in [2.75, 3.05) is 26.2 Å². The van der Waals surface area contributed by atoms with Gasteiger partial charge in [-0.25, -0.2) is 4.79 Å². The van der Waals surface area contributed by atoms with Crippen molar-refractivity contribution in [2.45, 2.75) is 13.3 Å². The Hall–Kier alpha value is -2.34. The number of aliphatic carboxylic acids is 1. The van der Waals surface area contributed by atoms with Crippen LogP contribution in [-0.4, -0.2) is 47.9 Å². The van der Waals surface area contributed by atoms with E-state index in [4.69, 9.17) is 33.1 Å². The molecule has 2 aromatic rings. The van der Waals surface area contributed by atoms with Crippen LogP contribution >= 0.6 is 23.2 Å². The highest BCUT2D eigenvalue weighted by atomic mass is 35.5. The summed E-state index contributed by atoms with van der Waals surface area (Å²) in [5.41, 5.74) is 3.92. The highest BCUT2D eigenvalue weighted by Crippen LogP contribution is 2.25. The molecule has 0 bridgehead atoms. The molecule has 7 heteroatoms. The van der Waals surface area contributed by atoms with Gasteiger partial charge in [-0.3, -0.25) is 4.90 Å². The summed E-state index contributed by atoms with van der Waals surface area (Å²) in [6.07, 6.45) is 2.50. The lowest BCUT2D eigenvalue weighted by atomic mass is 9.98. The van der Waals surface area contributed by atoms with Crippen molar-refractivity contribution in [1.82, 2.24) is 4.90 Å². The van der Waals surface area contributed by atoms with Crippen LogP contribution in [0.1, 0.15) is 23.1 Å². The van der Waals surface area contributed by atoms with Gasteiger partial charge in [0.05, 0.1) is 10.0 Å². The van der Waals surface area contributed by atoms with E-state index < -0.39 is 5.97 Å². The van der Waals surface area contributed by atoms with Gasteiger partial charge in [-0.2, -0.15) is 0 Å². The summed E-state index contributed by atoms with van der Waals surface area (Å²) in [5.74, 6) is -0.866. The Morgan fingerprint density at radius 3 is 2.72 bits per heavy atom. The number of benzene rings is 2. The Morgan fingerprint density at radius 1 is 1.21 bits per heavy atom. The van der Waals surface area contributed by atoms with Gasteiger partial charge < -0.3 is 9.94 Å². The summed E-state index contributed by atoms with van der Waals surface area (Å²) in [6, 6.07) is 13.3. The summed E-state index contributed by atoms with van der Waals surface area (Å²) >= 11 is 12.3. The smallest absolute Gasteiger partial charge is 0.332 e. The second-order valence-corrected chi connectivity index (χ2v) is 7.63. The normalized spacial score (nSPS) is 15.1. The lowest BCUT2D eigenvalue weighted by Gasteiger charge is -2.24. The Bertz CT molecular complexity index is 957. The SMILES string of the molecule is Cc1ccccc1C(=NOCCN1CCC=C(C(=O)O)C1)c1ccc(Cl)c(Cl)c1. The highest BCUT2D eigenvalue weighted by molar-refractivity contribution is 6.42. The van der Waals surface area contributed by atoms with E-state index in [1.807, 2.05) is 42.2 Å². The van der Waals surface area contributed by atoms with Crippen molar-refractivity contribution in [1.29, 1.82) is 0 Å². The maximum Gasteiger partial charge on any atom is 0.332 e. The van der Waals surface area contributed by atoms with Crippen LogP contribution in [0.4, 0.5) is 0 Å². The zero-order chi connectivity index (χ0) is 20.8. The van der Waals surface area contributed by atoms with Crippen LogP contribution in [-0.2, 0) is 9.63 Å². The third-order valence-electron chi connectivity index (χ3n) is 4.75. The maximum atomic E-state index is 11.1. The first-order chi connectivity index (χ1) is 14.0. The van der Waals surface area contributed by atoms with E-state index in [9.17, 15) is 4.79 Å². The fraction of sp³-hybridized carbons (Fsp3) is 0.273. The van der Waals surface area contributed by atoms with Crippen molar-refractivity contribution in [3.05, 3.63) is 80.8 Å². The summed E-state index contributed by atoms with van der Waals surface area (Å²) < 4.78 is 0. The first-order valence-corrected chi connectivity index (χ1v) is 10.1. The van der Waals surface area contributed by atoms with Gasteiger partial charge in [-0.1, -0.05) is 64.8 Å². The van der Waals surface area contributed by atoms with Crippen LogP contribution in [0.15, 0.2) is 59.3 Å². The summed E-state index contributed by atoms with van der Waals surface area (Å²) in [7, 11) is 0. The summed E-state index contributed by atoms with van der Waals surface area (Å²) in [6.45, 7) is 4.18. The molecule has 5 nitrogen and oxygen atoms in total. The molecule has 0 unspecified atom stereocenters. The average Bonchev–Trinajstić information content (AvgIpc) is 2.71. The first-order valence-electron chi connectivity index (χ1n) is 9.32. The average molecular weight is 433 g/mol. The maximum absolute atomic E-state index is 11.1. The van der Waals surface area contributed by atoms with Gasteiger partial charge >= 0.3 is 5.97 Å². The topological polar surface area (TPSA) is 62.1 Å². The van der Waals surface area contributed by atoms with Crippen molar-refractivity contribution >= 4 is 34.9 Å². The van der Waals surface area contributed by atoms with E-state index in [1.165, 1.54) is 0 Å². The second-order valence-electron chi connectivity index (χ2n) is 6.82. The molecule has 0 aliphatic carbocycles. The molecule has 3 rings (SSSR count). The first kappa shape index (κ1) is 21.4. The van der Waals surface area contributed by atoms with Crippen molar-refractivity contribution < 1.29 is 14.7 Å². The van der Waals surface area contributed by atoms with Gasteiger partial charge in [0.15, 0.2) is 0 Å². The Balaban J connectivity index is 1.74. The van der Waals surface area contributed by atoms with Crippen LogP contribution in [0.5, 0.6) is 0 Å². The second kappa shape index (κ2) is 9.92. The van der Waals surface area contributed by atoms with E-state index in [-0.39, 0.29) is 0 Å². The fourth-order valence-corrected chi connectivity index (χ4v) is 3.47. The molecule has 0 radical (unpaired) electrons. The number of hydrogen-bond acceptors (Lipinski definition) is 4. The van der Waals surface area contributed by atoms with Crippen LogP contribution in [0.2, 0.25) is 10.0 Å². The quantitative estimate of drug-likeness (QED) is 0.388. The number of carboxylic acids is 1. The lowest BCUT2D eigenvalue weighted by molar-refractivity contribution is -0.133. The van der Waals surface area contributed by atoms with E-state index in [1.54, 1.807) is 18.2 Å². The monoisotopic (exact) mass is 432 g/mol. The van der Waals surface area contributed by atoms with Gasteiger partial charge in [0, 0.05) is 36.3 Å². The lowest BCUT2D eigenvalue weighted by Crippen LogP contribution is -2.34. The molecule has 1 aliphatic heterocycles.